The fraction of sp³-hybridized carbons (Fsp3) is 0.250. The van der Waals surface area contributed by atoms with Crippen LogP contribution in [0.4, 0.5) is 0 Å². The van der Waals surface area contributed by atoms with Crippen molar-refractivity contribution in [3.63, 3.8) is 0 Å². The first kappa shape index (κ1) is 20.9. The van der Waals surface area contributed by atoms with Crippen LogP contribution >= 0.6 is 39.1 Å². The monoisotopic (exact) mass is 560 g/mol. The van der Waals surface area contributed by atoms with Crippen LogP contribution in [0.1, 0.15) is 37.9 Å². The number of allylic oxidation sites excluding steroid dienone is 2. The van der Waals surface area contributed by atoms with Gasteiger partial charge in [0.05, 0.1) is 0 Å². The summed E-state index contributed by atoms with van der Waals surface area (Å²) in [4.78, 5) is 4.60. The number of benzene rings is 1. The second-order valence-electron chi connectivity index (χ2n) is 7.72. The molecule has 4 rings (SSSR count). The molecule has 5 nitrogen and oxygen atoms in total. The molecule has 0 spiro atoms. The van der Waals surface area contributed by atoms with Crippen LogP contribution in [0.25, 0.3) is 21.7 Å². The summed E-state index contributed by atoms with van der Waals surface area (Å²) in [6.07, 6.45) is 4.23. The van der Waals surface area contributed by atoms with E-state index in [9.17, 15) is 0 Å². The van der Waals surface area contributed by atoms with E-state index < -0.39 is 15.0 Å². The molecule has 0 bridgehead atoms. The molecule has 1 aliphatic heterocycles. The van der Waals surface area contributed by atoms with Gasteiger partial charge in [-0.05, 0) is 0 Å². The van der Waals surface area contributed by atoms with Gasteiger partial charge in [0.2, 0.25) is 0 Å². The average Bonchev–Trinajstić information content (AvgIpc) is 3.33. The molecule has 152 valence electrons. The number of rotatable bonds is 3. The van der Waals surface area contributed by atoms with Gasteiger partial charge in [0.1, 0.15) is 0 Å². The Hall–Kier alpha value is -1.37. The van der Waals surface area contributed by atoms with Crippen molar-refractivity contribution in [1.29, 1.82) is 0 Å². The third kappa shape index (κ3) is 3.99. The van der Waals surface area contributed by atoms with Gasteiger partial charge in [-0.2, -0.15) is 0 Å². The maximum atomic E-state index is 6.51. The van der Waals surface area contributed by atoms with Gasteiger partial charge >= 0.3 is 194 Å². The quantitative estimate of drug-likeness (QED) is 0.392. The van der Waals surface area contributed by atoms with E-state index in [-0.39, 0.29) is 5.41 Å². The SMILES string of the molecule is Cc1c(-c2nc(C(C)(C)C)no2)nn(-c2ccc(Cl)cc2Cl)c1C1=CC=C(Br)[SeH2]1. The molecule has 0 N–H and O–H groups in total. The second kappa shape index (κ2) is 7.71. The topological polar surface area (TPSA) is 56.7 Å². The van der Waals surface area contributed by atoms with Crippen LogP contribution in [0.15, 0.2) is 38.3 Å². The molecule has 9 heteroatoms. The molecule has 1 aromatic carbocycles. The molecule has 29 heavy (non-hydrogen) atoms. The predicted molar refractivity (Wildman–Crippen MR) is 124 cm³/mol. The zero-order valence-electron chi connectivity index (χ0n) is 16.2. The zero-order valence-corrected chi connectivity index (χ0v) is 21.4. The van der Waals surface area contributed by atoms with Crippen LogP contribution in [0.5, 0.6) is 0 Å². The van der Waals surface area contributed by atoms with E-state index in [4.69, 9.17) is 32.8 Å². The molecule has 0 atom stereocenters. The first-order valence-electron chi connectivity index (χ1n) is 8.89. The summed E-state index contributed by atoms with van der Waals surface area (Å²) in [5.41, 5.74) is 3.18. The third-order valence-corrected chi connectivity index (χ3v) is 8.56. The number of hydrogen-bond acceptors (Lipinski definition) is 4. The Bertz CT molecular complexity index is 1170. The fourth-order valence-electron chi connectivity index (χ4n) is 2.97. The van der Waals surface area contributed by atoms with Gasteiger partial charge in [0.25, 0.3) is 0 Å². The Labute approximate surface area is 193 Å². The van der Waals surface area contributed by atoms with Gasteiger partial charge in [-0.1, -0.05) is 0 Å². The molecule has 0 amide bonds. The summed E-state index contributed by atoms with van der Waals surface area (Å²) in [5, 5.41) is 10.1. The van der Waals surface area contributed by atoms with Crippen LogP contribution in [0.3, 0.4) is 0 Å². The van der Waals surface area contributed by atoms with E-state index >= 15 is 0 Å². The summed E-state index contributed by atoms with van der Waals surface area (Å²) in [6.45, 7) is 8.16. The minimum atomic E-state index is -0.486. The normalized spacial score (nSPS) is 15.7. The van der Waals surface area contributed by atoms with E-state index in [0.717, 1.165) is 16.9 Å². The molecule has 3 heterocycles. The molecular formula is C20H19BrCl2N4OSe. The Morgan fingerprint density at radius 1 is 1.17 bits per heavy atom. The van der Waals surface area contributed by atoms with Crippen molar-refractivity contribution in [1.82, 2.24) is 19.9 Å². The third-order valence-electron chi connectivity index (χ3n) is 4.47. The minimum absolute atomic E-state index is 0.213. The van der Waals surface area contributed by atoms with Gasteiger partial charge in [-0.25, -0.2) is 0 Å². The predicted octanol–water partition coefficient (Wildman–Crippen LogP) is 5.59. The van der Waals surface area contributed by atoms with E-state index in [1.54, 1.807) is 12.1 Å². The van der Waals surface area contributed by atoms with Gasteiger partial charge < -0.3 is 0 Å². The Balaban J connectivity index is 1.91. The van der Waals surface area contributed by atoms with Crippen molar-refractivity contribution in [3.05, 3.63) is 60.9 Å². The average molecular weight is 561 g/mol. The van der Waals surface area contributed by atoms with Gasteiger partial charge in [0.15, 0.2) is 0 Å². The van der Waals surface area contributed by atoms with Crippen molar-refractivity contribution in [2.45, 2.75) is 33.1 Å². The van der Waals surface area contributed by atoms with Gasteiger partial charge in [-0.15, -0.1) is 0 Å². The van der Waals surface area contributed by atoms with Crippen LogP contribution in [0, 0.1) is 6.92 Å². The Morgan fingerprint density at radius 2 is 1.93 bits per heavy atom. The fourth-order valence-corrected chi connectivity index (χ4v) is 6.81. The molecule has 0 unspecified atom stereocenters. The maximum absolute atomic E-state index is 6.51. The molecule has 0 aliphatic carbocycles. The van der Waals surface area contributed by atoms with Gasteiger partial charge in [-0.3, -0.25) is 0 Å². The molecule has 0 radical (unpaired) electrons. The summed E-state index contributed by atoms with van der Waals surface area (Å²) in [7, 11) is 0. The number of nitrogens with zero attached hydrogens (tertiary/aromatic N) is 4. The van der Waals surface area contributed by atoms with Gasteiger partial charge in [0, 0.05) is 0 Å². The number of halogens is 3. The van der Waals surface area contributed by atoms with Crippen molar-refractivity contribution < 1.29 is 4.52 Å². The summed E-state index contributed by atoms with van der Waals surface area (Å²) in [5.74, 6) is 1.05. The van der Waals surface area contributed by atoms with Crippen molar-refractivity contribution in [2.75, 3.05) is 0 Å². The standard InChI is InChI=1S/C20H19BrCl2N4OSe/c1-10-16(18-24-19(26-28-18)20(2,3)4)25-27(13-6-5-11(22)9-12(13)23)17(10)14-7-8-15(21)29-14/h5-9H,29H2,1-4H3. The van der Waals surface area contributed by atoms with Crippen LogP contribution < -0.4 is 0 Å². The molecule has 1 aliphatic rings. The van der Waals surface area contributed by atoms with E-state index in [2.05, 4.69) is 38.2 Å². The van der Waals surface area contributed by atoms with Crippen molar-refractivity contribution in [3.8, 4) is 17.3 Å². The van der Waals surface area contributed by atoms with E-state index in [1.165, 1.54) is 7.85 Å². The van der Waals surface area contributed by atoms with Crippen LogP contribution in [-0.2, 0) is 5.41 Å². The molecular weight excluding hydrogens is 542 g/mol. The summed E-state index contributed by atoms with van der Waals surface area (Å²) < 4.78 is 9.91. The first-order valence-corrected chi connectivity index (χ1v) is 12.5. The molecule has 2 aromatic heterocycles. The Morgan fingerprint density at radius 3 is 2.52 bits per heavy atom. The Kier molecular flexibility index (Phi) is 5.55. The number of hydrogen-bond donors (Lipinski definition) is 0. The van der Waals surface area contributed by atoms with E-state index in [0.29, 0.717) is 27.5 Å². The molecule has 0 saturated heterocycles. The number of aromatic nitrogens is 4. The van der Waals surface area contributed by atoms with E-state index in [1.807, 2.05) is 38.4 Å². The van der Waals surface area contributed by atoms with Crippen molar-refractivity contribution in [2.24, 2.45) is 0 Å². The molecule has 0 fully saturated rings. The summed E-state index contributed by atoms with van der Waals surface area (Å²) >= 11 is 15.8. The first-order chi connectivity index (χ1) is 13.6. The van der Waals surface area contributed by atoms with Crippen molar-refractivity contribution >= 4 is 58.6 Å². The second-order valence-corrected chi connectivity index (χ2v) is 13.7. The summed E-state index contributed by atoms with van der Waals surface area (Å²) in [6, 6.07) is 5.40. The molecule has 3 aromatic rings. The van der Waals surface area contributed by atoms with Crippen LogP contribution in [0.2, 0.25) is 10.0 Å². The molecule has 0 saturated carbocycles. The van der Waals surface area contributed by atoms with Crippen LogP contribution in [-0.4, -0.2) is 34.9 Å². The zero-order chi connectivity index (χ0) is 20.9.